The number of methoxy groups -OCH3 is 1. The maximum absolute atomic E-state index is 6.19. The summed E-state index contributed by atoms with van der Waals surface area (Å²) in [6, 6.07) is 8.02. The molecule has 2 nitrogen and oxygen atoms in total. The zero-order valence-electron chi connectivity index (χ0n) is 10.3. The van der Waals surface area contributed by atoms with Gasteiger partial charge in [0, 0.05) is 0 Å². The number of rotatable bonds is 4. The quantitative estimate of drug-likeness (QED) is 0.723. The monoisotopic (exact) mass is 423 g/mol. The third-order valence-corrected chi connectivity index (χ3v) is 5.47. The van der Waals surface area contributed by atoms with Gasteiger partial charge in [-0.25, -0.2) is 0 Å². The van der Waals surface area contributed by atoms with E-state index in [-0.39, 0.29) is 6.04 Å². The van der Waals surface area contributed by atoms with Crippen LogP contribution in [0.15, 0.2) is 31.8 Å². The molecule has 1 unspecified atom stereocenters. The van der Waals surface area contributed by atoms with Gasteiger partial charge in [-0.05, 0) is 68.2 Å². The molecule has 1 atom stereocenters. The molecule has 0 amide bonds. The minimum atomic E-state index is 0.0836. The van der Waals surface area contributed by atoms with Gasteiger partial charge in [0.2, 0.25) is 0 Å². The molecule has 2 rings (SSSR count). The van der Waals surface area contributed by atoms with Crippen LogP contribution in [0, 0.1) is 0 Å². The van der Waals surface area contributed by atoms with Gasteiger partial charge in [-0.3, -0.25) is 0 Å². The Hall–Kier alpha value is -0.0700. The number of benzene rings is 1. The van der Waals surface area contributed by atoms with Crippen LogP contribution in [-0.2, 0) is 0 Å². The molecule has 1 aromatic carbocycles. The van der Waals surface area contributed by atoms with Crippen LogP contribution in [-0.4, -0.2) is 14.2 Å². The highest BCUT2D eigenvalue weighted by molar-refractivity contribution is 9.12. The summed E-state index contributed by atoms with van der Waals surface area (Å²) < 4.78 is 7.37. The van der Waals surface area contributed by atoms with E-state index in [0.29, 0.717) is 10.8 Å². The van der Waals surface area contributed by atoms with Crippen molar-refractivity contribution in [2.45, 2.75) is 6.04 Å². The molecule has 6 heteroatoms. The third kappa shape index (κ3) is 3.34. The van der Waals surface area contributed by atoms with Crippen molar-refractivity contribution >= 4 is 54.8 Å². The van der Waals surface area contributed by atoms with Crippen molar-refractivity contribution in [1.82, 2.24) is 5.32 Å². The number of halogens is 3. The summed E-state index contributed by atoms with van der Waals surface area (Å²) in [7, 11) is 3.55. The lowest BCUT2D eigenvalue weighted by atomic mass is 10.0. The first-order valence-electron chi connectivity index (χ1n) is 5.52. The number of nitrogens with one attached hydrogen (secondary N) is 1. The van der Waals surface area contributed by atoms with Crippen LogP contribution in [0.4, 0.5) is 0 Å². The third-order valence-electron chi connectivity index (χ3n) is 2.79. The molecule has 0 aliphatic rings. The normalized spacial score (nSPS) is 12.5. The van der Waals surface area contributed by atoms with Crippen LogP contribution in [0.1, 0.15) is 17.2 Å². The second-order valence-electron chi connectivity index (χ2n) is 3.90. The van der Waals surface area contributed by atoms with Crippen LogP contribution in [0.5, 0.6) is 5.75 Å². The summed E-state index contributed by atoms with van der Waals surface area (Å²) in [5, 5.41) is 3.93. The van der Waals surface area contributed by atoms with Crippen molar-refractivity contribution in [3.8, 4) is 5.75 Å². The average Bonchev–Trinajstić information content (AvgIpc) is 2.70. The molecule has 1 aromatic heterocycles. The van der Waals surface area contributed by atoms with Crippen molar-refractivity contribution in [2.24, 2.45) is 0 Å². The van der Waals surface area contributed by atoms with Crippen LogP contribution in [0.25, 0.3) is 0 Å². The van der Waals surface area contributed by atoms with E-state index in [1.54, 1.807) is 18.4 Å². The van der Waals surface area contributed by atoms with Gasteiger partial charge in [-0.15, -0.1) is 11.3 Å². The van der Waals surface area contributed by atoms with Gasteiger partial charge < -0.3 is 10.1 Å². The topological polar surface area (TPSA) is 21.3 Å². The molecule has 0 aliphatic carbocycles. The Bertz CT molecular complexity index is 588. The molecular weight excluding hydrogens is 413 g/mol. The van der Waals surface area contributed by atoms with E-state index in [1.807, 2.05) is 25.2 Å². The molecule has 0 radical (unpaired) electrons. The molecule has 0 fully saturated rings. The zero-order chi connectivity index (χ0) is 14.0. The summed E-state index contributed by atoms with van der Waals surface area (Å²) in [5.74, 6) is 0.686. The van der Waals surface area contributed by atoms with Crippen molar-refractivity contribution in [3.63, 3.8) is 0 Å². The predicted molar refractivity (Wildman–Crippen MR) is 88.6 cm³/mol. The lowest BCUT2D eigenvalue weighted by Gasteiger charge is -2.17. The molecule has 0 bridgehead atoms. The fourth-order valence-corrected chi connectivity index (χ4v) is 5.08. The molecule has 19 heavy (non-hydrogen) atoms. The molecule has 102 valence electrons. The fourth-order valence-electron chi connectivity index (χ4n) is 1.91. The molecule has 0 spiro atoms. The first kappa shape index (κ1) is 15.3. The first-order chi connectivity index (χ1) is 9.06. The highest BCUT2D eigenvalue weighted by atomic mass is 79.9. The van der Waals surface area contributed by atoms with Crippen molar-refractivity contribution in [2.75, 3.05) is 14.2 Å². The van der Waals surface area contributed by atoms with Gasteiger partial charge in [-0.1, -0.05) is 17.7 Å². The summed E-state index contributed by atoms with van der Waals surface area (Å²) in [4.78, 5) is 0. The van der Waals surface area contributed by atoms with Crippen LogP contribution in [0.3, 0.4) is 0 Å². The Morgan fingerprint density at radius 3 is 2.53 bits per heavy atom. The van der Waals surface area contributed by atoms with Gasteiger partial charge in [0.25, 0.3) is 0 Å². The molecule has 2 aromatic rings. The minimum Gasteiger partial charge on any atom is -0.495 e. The Kier molecular flexibility index (Phi) is 5.31. The van der Waals surface area contributed by atoms with Gasteiger partial charge >= 0.3 is 0 Å². The van der Waals surface area contributed by atoms with Crippen molar-refractivity contribution in [3.05, 3.63) is 48.0 Å². The van der Waals surface area contributed by atoms with E-state index >= 15 is 0 Å². The number of thiophene rings is 1. The fraction of sp³-hybridized carbons (Fsp3) is 0.231. The Balaban J connectivity index is 2.42. The molecule has 1 heterocycles. The summed E-state index contributed by atoms with van der Waals surface area (Å²) >= 11 is 14.9. The summed E-state index contributed by atoms with van der Waals surface area (Å²) in [6.07, 6.45) is 0. The SMILES string of the molecule is CNC(c1ccc(OC)c(Cl)c1)c1cc(Br)sc1Br. The molecular formula is C13H12Br2ClNOS. The van der Waals surface area contributed by atoms with Crippen LogP contribution in [0.2, 0.25) is 5.02 Å². The highest BCUT2D eigenvalue weighted by Crippen LogP contribution is 2.39. The standard InChI is InChI=1S/C13H12Br2ClNOS/c1-17-12(8-6-11(14)19-13(8)15)7-3-4-10(18-2)9(16)5-7/h3-6,12,17H,1-2H3. The van der Waals surface area contributed by atoms with Crippen LogP contribution < -0.4 is 10.1 Å². The molecule has 0 aliphatic heterocycles. The van der Waals surface area contributed by atoms with E-state index in [9.17, 15) is 0 Å². The highest BCUT2D eigenvalue weighted by Gasteiger charge is 2.18. The van der Waals surface area contributed by atoms with Crippen molar-refractivity contribution in [1.29, 1.82) is 0 Å². The second kappa shape index (κ2) is 6.59. The van der Waals surface area contributed by atoms with E-state index < -0.39 is 0 Å². The van der Waals surface area contributed by atoms with E-state index in [0.717, 1.165) is 13.1 Å². The maximum atomic E-state index is 6.19. The van der Waals surface area contributed by atoms with Crippen molar-refractivity contribution < 1.29 is 4.74 Å². The minimum absolute atomic E-state index is 0.0836. The van der Waals surface area contributed by atoms with E-state index in [4.69, 9.17) is 16.3 Å². The Labute approximate surface area is 138 Å². The molecule has 0 saturated heterocycles. The first-order valence-corrected chi connectivity index (χ1v) is 8.30. The largest absolute Gasteiger partial charge is 0.495 e. The molecule has 1 N–H and O–H groups in total. The number of hydrogen-bond acceptors (Lipinski definition) is 3. The lowest BCUT2D eigenvalue weighted by Crippen LogP contribution is -2.17. The van der Waals surface area contributed by atoms with Gasteiger partial charge in [0.05, 0.1) is 25.7 Å². The van der Waals surface area contributed by atoms with Gasteiger partial charge in [0.1, 0.15) is 5.75 Å². The Morgan fingerprint density at radius 1 is 1.32 bits per heavy atom. The smallest absolute Gasteiger partial charge is 0.137 e. The zero-order valence-corrected chi connectivity index (χ0v) is 15.1. The van der Waals surface area contributed by atoms with E-state index in [1.165, 1.54) is 5.56 Å². The lowest BCUT2D eigenvalue weighted by molar-refractivity contribution is 0.414. The number of ether oxygens (including phenoxy) is 1. The molecule has 0 saturated carbocycles. The average molecular weight is 426 g/mol. The summed E-state index contributed by atoms with van der Waals surface area (Å²) in [6.45, 7) is 0. The summed E-state index contributed by atoms with van der Waals surface area (Å²) in [5.41, 5.74) is 2.28. The van der Waals surface area contributed by atoms with E-state index in [2.05, 4.69) is 43.2 Å². The maximum Gasteiger partial charge on any atom is 0.137 e. The van der Waals surface area contributed by atoms with Gasteiger partial charge in [-0.2, -0.15) is 0 Å². The van der Waals surface area contributed by atoms with Gasteiger partial charge in [0.15, 0.2) is 0 Å². The predicted octanol–water partition coefficient (Wildman–Crippen LogP) is 5.24. The van der Waals surface area contributed by atoms with Crippen LogP contribution >= 0.6 is 54.8 Å². The number of hydrogen-bond donors (Lipinski definition) is 1. The second-order valence-corrected chi connectivity index (χ2v) is 8.05. The Morgan fingerprint density at radius 2 is 2.05 bits per heavy atom.